The molecule has 6 heteroatoms. The first-order valence-corrected chi connectivity index (χ1v) is 8.47. The topological polar surface area (TPSA) is 52.8 Å². The van der Waals surface area contributed by atoms with E-state index in [0.717, 1.165) is 16.0 Å². The molecule has 124 valence electrons. The Kier molecular flexibility index (Phi) is 4.96. The molecule has 0 saturated heterocycles. The summed E-state index contributed by atoms with van der Waals surface area (Å²) in [5.41, 5.74) is 0.944. The van der Waals surface area contributed by atoms with Gasteiger partial charge in [-0.15, -0.1) is 0 Å². The molecule has 0 spiro atoms. The number of hydrogen-bond donors (Lipinski definition) is 0. The number of aryl methyl sites for hydroxylation is 1. The molecule has 3 rings (SSSR count). The van der Waals surface area contributed by atoms with Crippen molar-refractivity contribution in [1.82, 2.24) is 4.57 Å². The van der Waals surface area contributed by atoms with Crippen LogP contribution in [0.5, 0.6) is 11.5 Å². The normalized spacial score (nSPS) is 11.7. The number of hydrogen-bond acceptors (Lipinski definition) is 4. The van der Waals surface area contributed by atoms with Crippen molar-refractivity contribution in [1.29, 1.82) is 0 Å². The van der Waals surface area contributed by atoms with Crippen molar-refractivity contribution in [2.24, 2.45) is 12.0 Å². The Labute approximate surface area is 143 Å². The Morgan fingerprint density at radius 3 is 2.67 bits per heavy atom. The fourth-order valence-corrected chi connectivity index (χ4v) is 3.40. The second-order valence-corrected chi connectivity index (χ2v) is 6.10. The lowest BCUT2D eigenvalue weighted by atomic mass is 10.3. The number of rotatable bonds is 5. The fraction of sp³-hybridized carbons (Fsp3) is 0.222. The first kappa shape index (κ1) is 16.3. The average Bonchev–Trinajstić information content (AvgIpc) is 2.91. The van der Waals surface area contributed by atoms with Crippen molar-refractivity contribution in [3.05, 3.63) is 53.3 Å². The zero-order valence-corrected chi connectivity index (χ0v) is 14.4. The van der Waals surface area contributed by atoms with Crippen LogP contribution in [0, 0.1) is 0 Å². The van der Waals surface area contributed by atoms with Crippen molar-refractivity contribution in [2.45, 2.75) is 6.92 Å². The van der Waals surface area contributed by atoms with Gasteiger partial charge in [-0.1, -0.05) is 35.6 Å². The van der Waals surface area contributed by atoms with Crippen LogP contribution in [-0.4, -0.2) is 23.7 Å². The number of amides is 1. The highest BCUT2D eigenvalue weighted by Gasteiger charge is 2.10. The van der Waals surface area contributed by atoms with Crippen molar-refractivity contribution in [3.8, 4) is 11.5 Å². The van der Waals surface area contributed by atoms with Crippen LogP contribution in [0.4, 0.5) is 0 Å². The summed E-state index contributed by atoms with van der Waals surface area (Å²) in [6.45, 7) is 2.45. The molecule has 0 aliphatic rings. The molecule has 0 aliphatic heterocycles. The van der Waals surface area contributed by atoms with E-state index in [1.54, 1.807) is 12.1 Å². The van der Waals surface area contributed by atoms with E-state index in [-0.39, 0.29) is 12.5 Å². The molecule has 3 aromatic rings. The minimum absolute atomic E-state index is 0.0867. The summed E-state index contributed by atoms with van der Waals surface area (Å²) in [6, 6.07) is 15.1. The van der Waals surface area contributed by atoms with Gasteiger partial charge in [0.2, 0.25) is 0 Å². The Morgan fingerprint density at radius 2 is 1.92 bits per heavy atom. The Bertz CT molecular complexity index is 913. The van der Waals surface area contributed by atoms with Gasteiger partial charge >= 0.3 is 0 Å². The zero-order valence-electron chi connectivity index (χ0n) is 13.6. The lowest BCUT2D eigenvalue weighted by Crippen LogP contribution is -2.17. The maximum absolute atomic E-state index is 12.1. The van der Waals surface area contributed by atoms with Crippen molar-refractivity contribution in [2.75, 3.05) is 13.2 Å². The summed E-state index contributed by atoms with van der Waals surface area (Å²) >= 11 is 1.45. The summed E-state index contributed by atoms with van der Waals surface area (Å²) in [5.74, 6) is 1.13. The minimum atomic E-state index is -0.320. The first-order chi connectivity index (χ1) is 11.7. The second-order valence-electron chi connectivity index (χ2n) is 5.09. The van der Waals surface area contributed by atoms with Gasteiger partial charge in [0.25, 0.3) is 5.91 Å². The molecule has 5 nitrogen and oxygen atoms in total. The van der Waals surface area contributed by atoms with E-state index in [1.807, 2.05) is 54.9 Å². The van der Waals surface area contributed by atoms with E-state index in [9.17, 15) is 4.79 Å². The van der Waals surface area contributed by atoms with Crippen LogP contribution in [0.25, 0.3) is 10.2 Å². The molecule has 0 bridgehead atoms. The largest absolute Gasteiger partial charge is 0.492 e. The fourth-order valence-electron chi connectivity index (χ4n) is 2.35. The van der Waals surface area contributed by atoms with E-state index in [1.165, 1.54) is 11.3 Å². The lowest BCUT2D eigenvalue weighted by Gasteiger charge is -2.05. The van der Waals surface area contributed by atoms with Crippen LogP contribution >= 0.6 is 11.3 Å². The van der Waals surface area contributed by atoms with Crippen LogP contribution in [0.15, 0.2) is 53.5 Å². The Hall–Kier alpha value is -2.60. The summed E-state index contributed by atoms with van der Waals surface area (Å²) in [7, 11) is 1.88. The lowest BCUT2D eigenvalue weighted by molar-refractivity contribution is -0.120. The standard InChI is InChI=1S/C18H18N2O3S/c1-3-22-14-10-7-11-15-17(14)20(2)18(24-15)19-16(21)12-23-13-8-5-4-6-9-13/h4-11H,3,12H2,1-2H3. The number of ether oxygens (including phenoxy) is 2. The van der Waals surface area contributed by atoms with Crippen LogP contribution in [0.1, 0.15) is 6.92 Å². The quantitative estimate of drug-likeness (QED) is 0.716. The molecule has 0 aliphatic carbocycles. The highest BCUT2D eigenvalue weighted by molar-refractivity contribution is 7.16. The van der Waals surface area contributed by atoms with Gasteiger partial charge < -0.3 is 14.0 Å². The van der Waals surface area contributed by atoms with Crippen LogP contribution in [0.2, 0.25) is 0 Å². The molecule has 0 unspecified atom stereocenters. The van der Waals surface area contributed by atoms with Gasteiger partial charge in [-0.05, 0) is 31.2 Å². The smallest absolute Gasteiger partial charge is 0.286 e. The number of fused-ring (bicyclic) bond motifs is 1. The van der Waals surface area contributed by atoms with E-state index < -0.39 is 0 Å². The van der Waals surface area contributed by atoms with E-state index in [4.69, 9.17) is 9.47 Å². The second kappa shape index (κ2) is 7.31. The average molecular weight is 342 g/mol. The van der Waals surface area contributed by atoms with Crippen molar-refractivity contribution in [3.63, 3.8) is 0 Å². The van der Waals surface area contributed by atoms with Crippen LogP contribution < -0.4 is 14.3 Å². The summed E-state index contributed by atoms with van der Waals surface area (Å²) in [6.07, 6.45) is 0. The van der Waals surface area contributed by atoms with Gasteiger partial charge in [-0.2, -0.15) is 4.99 Å². The molecular formula is C18H18N2O3S. The molecule has 0 saturated carbocycles. The zero-order chi connectivity index (χ0) is 16.9. The molecule has 2 aromatic carbocycles. The summed E-state index contributed by atoms with van der Waals surface area (Å²) < 4.78 is 14.0. The first-order valence-electron chi connectivity index (χ1n) is 7.65. The molecule has 24 heavy (non-hydrogen) atoms. The van der Waals surface area contributed by atoms with Gasteiger partial charge in [-0.3, -0.25) is 4.79 Å². The molecule has 1 amide bonds. The Balaban J connectivity index is 1.85. The minimum Gasteiger partial charge on any atom is -0.492 e. The van der Waals surface area contributed by atoms with Gasteiger partial charge in [0.1, 0.15) is 17.0 Å². The molecule has 0 radical (unpaired) electrons. The van der Waals surface area contributed by atoms with Crippen molar-refractivity contribution < 1.29 is 14.3 Å². The highest BCUT2D eigenvalue weighted by Crippen LogP contribution is 2.26. The van der Waals surface area contributed by atoms with E-state index in [0.29, 0.717) is 17.2 Å². The third-order valence-electron chi connectivity index (χ3n) is 3.41. The number of para-hydroxylation sites is 2. The van der Waals surface area contributed by atoms with Crippen LogP contribution in [-0.2, 0) is 11.8 Å². The SMILES string of the molecule is CCOc1cccc2sc(=NC(=O)COc3ccccc3)n(C)c12. The number of nitrogens with zero attached hydrogens (tertiary/aromatic N) is 2. The number of benzene rings is 2. The molecule has 0 fully saturated rings. The molecule has 1 aromatic heterocycles. The van der Waals surface area contributed by atoms with Gasteiger partial charge in [-0.25, -0.2) is 0 Å². The number of thiazole rings is 1. The van der Waals surface area contributed by atoms with Crippen molar-refractivity contribution >= 4 is 27.5 Å². The molecule has 0 atom stereocenters. The van der Waals surface area contributed by atoms with Gasteiger partial charge in [0.15, 0.2) is 11.4 Å². The predicted molar refractivity (Wildman–Crippen MR) is 94.5 cm³/mol. The maximum Gasteiger partial charge on any atom is 0.286 e. The maximum atomic E-state index is 12.1. The summed E-state index contributed by atoms with van der Waals surface area (Å²) in [5, 5.41) is 0. The number of carbonyl (C=O) groups excluding carboxylic acids is 1. The highest BCUT2D eigenvalue weighted by atomic mass is 32.1. The van der Waals surface area contributed by atoms with E-state index >= 15 is 0 Å². The van der Waals surface area contributed by atoms with E-state index in [2.05, 4.69) is 4.99 Å². The molecular weight excluding hydrogens is 324 g/mol. The van der Waals surface area contributed by atoms with Gasteiger partial charge in [0.05, 0.1) is 11.3 Å². The Morgan fingerprint density at radius 1 is 1.12 bits per heavy atom. The number of carbonyl (C=O) groups is 1. The third kappa shape index (κ3) is 3.49. The monoisotopic (exact) mass is 342 g/mol. The number of aromatic nitrogens is 1. The van der Waals surface area contributed by atoms with Gasteiger partial charge in [0, 0.05) is 7.05 Å². The summed E-state index contributed by atoms with van der Waals surface area (Å²) in [4.78, 5) is 16.9. The third-order valence-corrected chi connectivity index (χ3v) is 4.51. The molecule has 1 heterocycles. The van der Waals surface area contributed by atoms with Crippen LogP contribution in [0.3, 0.4) is 0 Å². The molecule has 0 N–H and O–H groups in total. The predicted octanol–water partition coefficient (Wildman–Crippen LogP) is 3.14.